The van der Waals surface area contributed by atoms with Gasteiger partial charge in [-0.2, -0.15) is 0 Å². The van der Waals surface area contributed by atoms with Gasteiger partial charge in [-0.15, -0.1) is 0 Å². The molecule has 0 fully saturated rings. The Kier molecular flexibility index (Phi) is 4.24. The molecule has 0 atom stereocenters. The van der Waals surface area contributed by atoms with Crippen LogP contribution in [-0.4, -0.2) is 34.7 Å². The lowest BCUT2D eigenvalue weighted by molar-refractivity contribution is 0.0639. The van der Waals surface area contributed by atoms with Crippen LogP contribution in [0.1, 0.15) is 32.0 Å². The molecule has 1 aliphatic rings. The highest BCUT2D eigenvalue weighted by atomic mass is 19.3. The van der Waals surface area contributed by atoms with E-state index in [4.69, 9.17) is 4.74 Å². The van der Waals surface area contributed by atoms with Crippen molar-refractivity contribution < 1.29 is 23.1 Å². The van der Waals surface area contributed by atoms with Crippen molar-refractivity contribution in [2.45, 2.75) is 19.9 Å². The Morgan fingerprint density at radius 1 is 1.17 bits per heavy atom. The predicted molar refractivity (Wildman–Crippen MR) is 81.1 cm³/mol. The van der Waals surface area contributed by atoms with Crippen molar-refractivity contribution in [1.29, 1.82) is 0 Å². The van der Waals surface area contributed by atoms with Gasteiger partial charge in [-0.25, -0.2) is 8.78 Å². The topological polar surface area (TPSA) is 59.5 Å². The number of imide groups is 1. The second-order valence-corrected chi connectivity index (χ2v) is 5.39. The van der Waals surface area contributed by atoms with Crippen LogP contribution in [0.25, 0.3) is 0 Å². The maximum Gasteiger partial charge on any atom is 0.272 e. The molecule has 5 nitrogen and oxygen atoms in total. The smallest absolute Gasteiger partial charge is 0.272 e. The van der Waals surface area contributed by atoms with Crippen LogP contribution in [0.2, 0.25) is 0 Å². The van der Waals surface area contributed by atoms with Crippen LogP contribution >= 0.6 is 0 Å². The van der Waals surface area contributed by atoms with E-state index >= 15 is 0 Å². The minimum Gasteiger partial charge on any atom is -0.486 e. The molecule has 0 saturated carbocycles. The summed E-state index contributed by atoms with van der Waals surface area (Å²) >= 11 is 0. The number of carbonyl (C=O) groups is 2. The zero-order valence-corrected chi connectivity index (χ0v) is 12.8. The normalized spacial score (nSPS) is 13.6. The van der Waals surface area contributed by atoms with Crippen LogP contribution in [0.4, 0.5) is 8.78 Å². The van der Waals surface area contributed by atoms with E-state index in [2.05, 4.69) is 4.98 Å². The van der Waals surface area contributed by atoms with Gasteiger partial charge in [-0.05, 0) is 30.7 Å². The van der Waals surface area contributed by atoms with E-state index in [1.165, 1.54) is 6.20 Å². The van der Waals surface area contributed by atoms with Gasteiger partial charge >= 0.3 is 0 Å². The van der Waals surface area contributed by atoms with E-state index in [9.17, 15) is 18.4 Å². The Bertz CT molecular complexity index is 773. The average Bonchev–Trinajstić information content (AvgIpc) is 2.79. The largest absolute Gasteiger partial charge is 0.486 e. The van der Waals surface area contributed by atoms with E-state index < -0.39 is 13.0 Å². The molecule has 24 heavy (non-hydrogen) atoms. The molecule has 0 N–H and O–H groups in total. The van der Waals surface area contributed by atoms with Crippen molar-refractivity contribution in [2.24, 2.45) is 0 Å². The molecule has 2 aromatic rings. The van der Waals surface area contributed by atoms with Crippen LogP contribution in [-0.2, 0) is 6.54 Å². The summed E-state index contributed by atoms with van der Waals surface area (Å²) in [6.07, 6.45) is -1.24. The molecule has 0 unspecified atom stereocenters. The van der Waals surface area contributed by atoms with Crippen LogP contribution in [0.5, 0.6) is 5.75 Å². The van der Waals surface area contributed by atoms with E-state index in [1.807, 2.05) is 0 Å². The molecule has 1 aromatic heterocycles. The summed E-state index contributed by atoms with van der Waals surface area (Å²) in [5, 5.41) is 0. The van der Waals surface area contributed by atoms with Crippen LogP contribution in [0.3, 0.4) is 0 Å². The molecule has 7 heteroatoms. The Morgan fingerprint density at radius 2 is 1.79 bits per heavy atom. The number of aromatic nitrogens is 1. The van der Waals surface area contributed by atoms with E-state index in [0.717, 1.165) is 4.90 Å². The summed E-state index contributed by atoms with van der Waals surface area (Å²) in [7, 11) is 0. The number of halogens is 2. The molecule has 2 heterocycles. The summed E-state index contributed by atoms with van der Waals surface area (Å²) in [6.45, 7) is 0.997. The Morgan fingerprint density at radius 3 is 2.33 bits per heavy atom. The fraction of sp³-hybridized carbons (Fsp3) is 0.235. The first-order valence-corrected chi connectivity index (χ1v) is 7.29. The van der Waals surface area contributed by atoms with Crippen LogP contribution < -0.4 is 4.74 Å². The fourth-order valence-electron chi connectivity index (χ4n) is 2.54. The van der Waals surface area contributed by atoms with Crippen molar-refractivity contribution in [3.63, 3.8) is 0 Å². The van der Waals surface area contributed by atoms with E-state index in [-0.39, 0.29) is 24.1 Å². The third-order valence-electron chi connectivity index (χ3n) is 3.68. The van der Waals surface area contributed by atoms with Crippen molar-refractivity contribution in [3.8, 4) is 5.75 Å². The number of hydrogen-bond acceptors (Lipinski definition) is 4. The molecule has 2 amide bonds. The first-order valence-electron chi connectivity index (χ1n) is 7.29. The molecule has 1 aromatic carbocycles. The lowest BCUT2D eigenvalue weighted by atomic mass is 10.1. The zero-order valence-electron chi connectivity index (χ0n) is 12.8. The molecule has 3 rings (SSSR count). The third-order valence-corrected chi connectivity index (χ3v) is 3.68. The number of benzene rings is 1. The molecule has 0 radical (unpaired) electrons. The van der Waals surface area contributed by atoms with Gasteiger partial charge in [0.2, 0.25) is 0 Å². The predicted octanol–water partition coefficient (Wildman–Crippen LogP) is 2.83. The molecular weight excluding hydrogens is 318 g/mol. The van der Waals surface area contributed by atoms with Crippen molar-refractivity contribution in [1.82, 2.24) is 9.88 Å². The van der Waals surface area contributed by atoms with Gasteiger partial charge in [0.1, 0.15) is 12.4 Å². The number of ether oxygens (including phenoxy) is 1. The van der Waals surface area contributed by atoms with Crippen molar-refractivity contribution >= 4 is 11.8 Å². The minimum absolute atomic E-state index is 0.0162. The number of aryl methyl sites for hydroxylation is 1. The number of rotatable bonds is 5. The number of amides is 2. The van der Waals surface area contributed by atoms with Gasteiger partial charge in [0.15, 0.2) is 0 Å². The molecule has 0 aliphatic carbocycles. The molecule has 0 spiro atoms. The number of nitrogens with zero attached hydrogens (tertiary/aromatic N) is 2. The Balaban J connectivity index is 1.77. The second kappa shape index (κ2) is 6.35. The fourth-order valence-corrected chi connectivity index (χ4v) is 2.54. The summed E-state index contributed by atoms with van der Waals surface area (Å²) in [5.41, 5.74) is 1.83. The average molecular weight is 332 g/mol. The van der Waals surface area contributed by atoms with E-state index in [1.54, 1.807) is 37.3 Å². The molecule has 0 bridgehead atoms. The van der Waals surface area contributed by atoms with Gasteiger partial charge in [0.05, 0.1) is 29.6 Å². The van der Waals surface area contributed by atoms with Crippen molar-refractivity contribution in [2.75, 3.05) is 6.61 Å². The highest BCUT2D eigenvalue weighted by Gasteiger charge is 2.35. The number of fused-ring (bicyclic) bond motifs is 1. The number of alkyl halides is 2. The molecule has 1 aliphatic heterocycles. The molecule has 124 valence electrons. The maximum absolute atomic E-state index is 12.3. The number of carbonyl (C=O) groups excluding carboxylic acids is 2. The second-order valence-electron chi connectivity index (χ2n) is 5.39. The summed E-state index contributed by atoms with van der Waals surface area (Å²) in [4.78, 5) is 29.8. The summed E-state index contributed by atoms with van der Waals surface area (Å²) < 4.78 is 29.3. The van der Waals surface area contributed by atoms with E-state index in [0.29, 0.717) is 22.4 Å². The summed E-state index contributed by atoms with van der Waals surface area (Å²) in [5.74, 6) is -0.484. The molecule has 0 saturated heterocycles. The first kappa shape index (κ1) is 16.0. The third kappa shape index (κ3) is 2.97. The SMILES string of the molecule is Cc1cc(CN2C(=O)c3ccccc3C2=O)ncc1OCC(F)F. The summed E-state index contributed by atoms with van der Waals surface area (Å²) in [6, 6.07) is 8.23. The lowest BCUT2D eigenvalue weighted by Gasteiger charge is -2.15. The number of pyridine rings is 1. The van der Waals surface area contributed by atoms with Gasteiger partial charge in [-0.1, -0.05) is 12.1 Å². The Hall–Kier alpha value is -2.83. The first-order chi connectivity index (χ1) is 11.5. The monoisotopic (exact) mass is 332 g/mol. The van der Waals surface area contributed by atoms with Crippen molar-refractivity contribution in [3.05, 3.63) is 58.9 Å². The standard InChI is InChI=1S/C17H14F2N2O3/c1-10-6-11(20-7-14(10)24-9-15(18)19)8-21-16(22)12-4-2-3-5-13(12)17(21)23/h2-7,15H,8-9H2,1H3. The number of hydrogen-bond donors (Lipinski definition) is 0. The highest BCUT2D eigenvalue weighted by Crippen LogP contribution is 2.25. The lowest BCUT2D eigenvalue weighted by Crippen LogP contribution is -2.29. The van der Waals surface area contributed by atoms with Gasteiger partial charge in [-0.3, -0.25) is 19.5 Å². The van der Waals surface area contributed by atoms with Gasteiger partial charge in [0, 0.05) is 0 Å². The Labute approximate surface area is 136 Å². The van der Waals surface area contributed by atoms with Gasteiger partial charge in [0.25, 0.3) is 18.2 Å². The highest BCUT2D eigenvalue weighted by molar-refractivity contribution is 6.21. The quantitative estimate of drug-likeness (QED) is 0.790. The zero-order chi connectivity index (χ0) is 17.3. The molecular formula is C17H14F2N2O3. The minimum atomic E-state index is -2.57. The van der Waals surface area contributed by atoms with Crippen LogP contribution in [0, 0.1) is 6.92 Å². The maximum atomic E-state index is 12.3. The van der Waals surface area contributed by atoms with Crippen LogP contribution in [0.15, 0.2) is 36.5 Å². The van der Waals surface area contributed by atoms with Gasteiger partial charge < -0.3 is 4.74 Å².